The standard InChI is InChI=1S/C8H3NO4/c10-5-2-1-4-3-6(11)9(13)7(4)8(5)12/h1-3H. The van der Waals surface area contributed by atoms with E-state index in [4.69, 9.17) is 0 Å². The van der Waals surface area contributed by atoms with Crippen LogP contribution >= 0.6 is 0 Å². The second-order valence-corrected chi connectivity index (χ2v) is 2.61. The summed E-state index contributed by atoms with van der Waals surface area (Å²) in [7, 11) is 0. The van der Waals surface area contributed by atoms with Gasteiger partial charge in [-0.05, 0) is 12.1 Å². The first-order valence-electron chi connectivity index (χ1n) is 3.48. The molecule has 1 aliphatic carbocycles. The fraction of sp³-hybridized carbons (Fsp3) is 0. The Balaban J connectivity index is 3.14. The van der Waals surface area contributed by atoms with Crippen LogP contribution in [0.2, 0.25) is 0 Å². The van der Waals surface area contributed by atoms with Crippen LogP contribution in [0, 0.1) is 5.21 Å². The third kappa shape index (κ3) is 0.868. The summed E-state index contributed by atoms with van der Waals surface area (Å²) in [6.07, 6.45) is 0. The van der Waals surface area contributed by atoms with Gasteiger partial charge in [0.2, 0.25) is 5.43 Å². The number of nitrogens with zero attached hydrogens (tertiary/aromatic N) is 1. The number of hydrogen-bond acceptors (Lipinski definition) is 4. The third-order valence-corrected chi connectivity index (χ3v) is 1.81. The van der Waals surface area contributed by atoms with Gasteiger partial charge in [-0.2, -0.15) is 0 Å². The molecule has 13 heavy (non-hydrogen) atoms. The average molecular weight is 177 g/mol. The predicted molar refractivity (Wildman–Crippen MR) is 43.2 cm³/mol. The molecule has 0 aromatic rings. The first-order valence-corrected chi connectivity index (χ1v) is 3.48. The van der Waals surface area contributed by atoms with Gasteiger partial charge in [-0.15, -0.1) is 4.73 Å². The SMILES string of the molecule is O=c1ccc2cc(=O)[n+]([O-])c-2c1=O. The Hall–Kier alpha value is -2.04. The average Bonchev–Trinajstić information content (AvgIpc) is 2.37. The maximum Gasteiger partial charge on any atom is 0.424 e. The van der Waals surface area contributed by atoms with Gasteiger partial charge in [0.15, 0.2) is 0 Å². The molecule has 0 aromatic heterocycles. The van der Waals surface area contributed by atoms with E-state index in [0.29, 0.717) is 0 Å². The Morgan fingerprint density at radius 1 is 1.15 bits per heavy atom. The highest BCUT2D eigenvalue weighted by Crippen LogP contribution is 2.07. The summed E-state index contributed by atoms with van der Waals surface area (Å²) in [5.74, 6) is 0. The van der Waals surface area contributed by atoms with Gasteiger partial charge in [0.25, 0.3) is 11.1 Å². The summed E-state index contributed by atoms with van der Waals surface area (Å²) < 4.78 is -0.0565. The van der Waals surface area contributed by atoms with Crippen molar-refractivity contribution in [3.8, 4) is 11.3 Å². The Morgan fingerprint density at radius 3 is 2.54 bits per heavy atom. The van der Waals surface area contributed by atoms with Gasteiger partial charge in [-0.25, -0.2) is 4.79 Å². The van der Waals surface area contributed by atoms with Gasteiger partial charge in [-0.1, -0.05) is 0 Å². The van der Waals surface area contributed by atoms with E-state index in [9.17, 15) is 19.6 Å². The topological polar surface area (TPSA) is 78.2 Å². The Kier molecular flexibility index (Phi) is 1.30. The fourth-order valence-corrected chi connectivity index (χ4v) is 1.20. The van der Waals surface area contributed by atoms with E-state index in [1.807, 2.05) is 0 Å². The van der Waals surface area contributed by atoms with Gasteiger partial charge >= 0.3 is 5.56 Å². The van der Waals surface area contributed by atoms with Crippen LogP contribution < -0.4 is 21.1 Å². The second kappa shape index (κ2) is 2.22. The lowest BCUT2D eigenvalue weighted by Gasteiger charge is -1.92. The molecule has 0 spiro atoms. The molecule has 2 aliphatic rings. The fourth-order valence-electron chi connectivity index (χ4n) is 1.20. The van der Waals surface area contributed by atoms with Crippen LogP contribution in [0.5, 0.6) is 0 Å². The van der Waals surface area contributed by atoms with E-state index in [0.717, 1.165) is 12.1 Å². The molecule has 1 aliphatic heterocycles. The van der Waals surface area contributed by atoms with Gasteiger partial charge in [0.05, 0.1) is 11.6 Å². The molecular formula is C8H3NO4. The third-order valence-electron chi connectivity index (χ3n) is 1.81. The van der Waals surface area contributed by atoms with E-state index in [1.54, 1.807) is 0 Å². The van der Waals surface area contributed by atoms with Crippen LogP contribution in [0.1, 0.15) is 0 Å². The van der Waals surface area contributed by atoms with Crippen LogP contribution in [0.25, 0.3) is 11.3 Å². The number of hydrogen-bond donors (Lipinski definition) is 0. The molecule has 0 saturated carbocycles. The first kappa shape index (κ1) is 7.60. The lowest BCUT2D eigenvalue weighted by Crippen LogP contribution is -2.46. The summed E-state index contributed by atoms with van der Waals surface area (Å²) in [6, 6.07) is 3.36. The Labute approximate surface area is 71.1 Å². The van der Waals surface area contributed by atoms with Crippen LogP contribution in [0.4, 0.5) is 0 Å². The molecule has 0 fully saturated rings. The minimum absolute atomic E-state index is 0.0565. The van der Waals surface area contributed by atoms with Gasteiger partial charge in [0, 0.05) is 0 Å². The van der Waals surface area contributed by atoms with Crippen LogP contribution in [-0.4, -0.2) is 0 Å². The molecule has 0 saturated heterocycles. The van der Waals surface area contributed by atoms with E-state index < -0.39 is 16.4 Å². The molecular weight excluding hydrogens is 174 g/mol. The van der Waals surface area contributed by atoms with Crippen molar-refractivity contribution >= 4 is 0 Å². The normalized spacial score (nSPS) is 10.8. The van der Waals surface area contributed by atoms with Crippen molar-refractivity contribution in [2.45, 2.75) is 0 Å². The molecule has 0 N–H and O–H groups in total. The Morgan fingerprint density at radius 2 is 1.85 bits per heavy atom. The molecule has 5 nitrogen and oxygen atoms in total. The second-order valence-electron chi connectivity index (χ2n) is 2.61. The predicted octanol–water partition coefficient (Wildman–Crippen LogP) is -1.62. The maximum atomic E-state index is 11.1. The van der Waals surface area contributed by atoms with E-state index >= 15 is 0 Å². The van der Waals surface area contributed by atoms with Crippen LogP contribution in [0.15, 0.2) is 32.6 Å². The smallest absolute Gasteiger partial charge is 0.424 e. The molecule has 0 bridgehead atoms. The molecule has 0 atom stereocenters. The van der Waals surface area contributed by atoms with Crippen molar-refractivity contribution in [1.29, 1.82) is 0 Å². The van der Waals surface area contributed by atoms with Crippen molar-refractivity contribution in [3.05, 3.63) is 54.2 Å². The molecule has 0 radical (unpaired) electrons. The van der Waals surface area contributed by atoms with Crippen LogP contribution in [-0.2, 0) is 0 Å². The largest absolute Gasteiger partial charge is 0.615 e. The highest BCUT2D eigenvalue weighted by Gasteiger charge is 2.23. The molecule has 5 heteroatoms. The number of aromatic nitrogens is 1. The molecule has 2 rings (SSSR count). The summed E-state index contributed by atoms with van der Waals surface area (Å²) in [6.45, 7) is 0. The zero-order valence-corrected chi connectivity index (χ0v) is 6.31. The van der Waals surface area contributed by atoms with Crippen molar-refractivity contribution < 1.29 is 4.73 Å². The maximum absolute atomic E-state index is 11.1. The quantitative estimate of drug-likeness (QED) is 0.275. The summed E-state index contributed by atoms with van der Waals surface area (Å²) in [5.41, 5.74) is -2.67. The molecule has 0 amide bonds. The summed E-state index contributed by atoms with van der Waals surface area (Å²) >= 11 is 0. The minimum atomic E-state index is -0.922. The number of rotatable bonds is 0. The highest BCUT2D eigenvalue weighted by molar-refractivity contribution is 5.57. The molecule has 1 heterocycles. The first-order chi connectivity index (χ1) is 6.11. The highest BCUT2D eigenvalue weighted by atomic mass is 16.5. The molecule has 64 valence electrons. The minimum Gasteiger partial charge on any atom is -0.615 e. The number of benzene rings is 1. The van der Waals surface area contributed by atoms with Gasteiger partial charge in [0.1, 0.15) is 0 Å². The van der Waals surface area contributed by atoms with E-state index in [-0.39, 0.29) is 16.0 Å². The van der Waals surface area contributed by atoms with E-state index in [1.165, 1.54) is 6.07 Å². The number of fused-ring (bicyclic) bond motifs is 1. The monoisotopic (exact) mass is 177 g/mol. The van der Waals surface area contributed by atoms with Gasteiger partial charge in [-0.3, -0.25) is 9.59 Å². The summed E-state index contributed by atoms with van der Waals surface area (Å²) in [5, 5.41) is 11.0. The van der Waals surface area contributed by atoms with Crippen molar-refractivity contribution in [2.75, 3.05) is 0 Å². The Bertz CT molecular complexity index is 580. The zero-order valence-electron chi connectivity index (χ0n) is 6.31. The van der Waals surface area contributed by atoms with Gasteiger partial charge < -0.3 is 5.21 Å². The lowest BCUT2D eigenvalue weighted by molar-refractivity contribution is -0.605. The van der Waals surface area contributed by atoms with Crippen molar-refractivity contribution in [1.82, 2.24) is 0 Å². The zero-order chi connectivity index (χ0) is 9.59. The van der Waals surface area contributed by atoms with Crippen molar-refractivity contribution in [3.63, 3.8) is 0 Å². The van der Waals surface area contributed by atoms with Crippen molar-refractivity contribution in [2.24, 2.45) is 0 Å². The molecule has 0 unspecified atom stereocenters. The summed E-state index contributed by atoms with van der Waals surface area (Å²) in [4.78, 5) is 32.7. The lowest BCUT2D eigenvalue weighted by atomic mass is 10.1. The molecule has 0 aromatic carbocycles. The van der Waals surface area contributed by atoms with Crippen LogP contribution in [0.3, 0.4) is 0 Å². The van der Waals surface area contributed by atoms with E-state index in [2.05, 4.69) is 0 Å².